The molecule has 1 aromatic heterocycles. The van der Waals surface area contributed by atoms with Gasteiger partial charge in [-0.05, 0) is 23.8 Å². The first-order valence-electron chi connectivity index (χ1n) is 6.61. The van der Waals surface area contributed by atoms with Crippen LogP contribution < -0.4 is 9.47 Å². The van der Waals surface area contributed by atoms with Crippen LogP contribution in [-0.2, 0) is 6.61 Å². The second-order valence-electron chi connectivity index (χ2n) is 4.53. The Labute approximate surface area is 128 Å². The van der Waals surface area contributed by atoms with E-state index in [0.29, 0.717) is 12.5 Å². The smallest absolute Gasteiger partial charge is 0.215 e. The van der Waals surface area contributed by atoms with Crippen LogP contribution in [-0.4, -0.2) is 11.1 Å². The molecule has 0 aliphatic heterocycles. The third kappa shape index (κ3) is 3.44. The normalized spacial score (nSPS) is 10.5. The van der Waals surface area contributed by atoms with Crippen molar-refractivity contribution in [2.45, 2.75) is 6.61 Å². The van der Waals surface area contributed by atoms with Crippen LogP contribution in [0.15, 0.2) is 60.7 Å². The van der Waals surface area contributed by atoms with Gasteiger partial charge in [0.25, 0.3) is 0 Å². The highest BCUT2D eigenvalue weighted by Gasteiger charge is 2.02. The number of hydrogen-bond donors (Lipinski definition) is 0. The number of nitrogens with zero attached hydrogens (tertiary/aromatic N) is 1. The minimum atomic E-state index is 0.0860. The molecule has 3 aromatic rings. The van der Waals surface area contributed by atoms with Crippen LogP contribution in [0.1, 0.15) is 5.56 Å². The molecule has 0 amide bonds. The van der Waals surface area contributed by atoms with Crippen LogP contribution in [0.3, 0.4) is 0 Å². The van der Waals surface area contributed by atoms with E-state index < -0.39 is 0 Å². The van der Waals surface area contributed by atoms with Crippen molar-refractivity contribution in [1.82, 2.24) is 4.98 Å². The fourth-order valence-electron chi connectivity index (χ4n) is 2.05. The molecule has 0 unspecified atom stereocenters. The van der Waals surface area contributed by atoms with Gasteiger partial charge in [-0.1, -0.05) is 41.9 Å². The lowest BCUT2D eigenvalue weighted by Gasteiger charge is -2.08. The van der Waals surface area contributed by atoms with Crippen molar-refractivity contribution in [3.05, 3.63) is 66.2 Å². The quantitative estimate of drug-likeness (QED) is 0.655. The fraction of sp³-hybridized carbons (Fsp3) is 0.118. The molecule has 0 atom stereocenters. The van der Waals surface area contributed by atoms with E-state index in [1.165, 1.54) is 0 Å². The predicted octanol–water partition coefficient (Wildman–Crippen LogP) is 4.39. The van der Waals surface area contributed by atoms with Gasteiger partial charge in [0, 0.05) is 17.5 Å². The van der Waals surface area contributed by atoms with E-state index in [4.69, 9.17) is 21.1 Å². The number of fused-ring (bicyclic) bond motifs is 1. The molecule has 3 rings (SSSR count). The maximum absolute atomic E-state index is 5.79. The Hall–Kier alpha value is -2.26. The summed E-state index contributed by atoms with van der Waals surface area (Å²) in [5.41, 5.74) is 1.95. The van der Waals surface area contributed by atoms with Gasteiger partial charge in [-0.15, -0.1) is 0 Å². The first-order valence-corrected chi connectivity index (χ1v) is 7.15. The first-order chi connectivity index (χ1) is 10.3. The van der Waals surface area contributed by atoms with Gasteiger partial charge in [-0.3, -0.25) is 0 Å². The molecule has 0 fully saturated rings. The Kier molecular flexibility index (Phi) is 4.22. The summed E-state index contributed by atoms with van der Waals surface area (Å²) in [7, 11) is 0. The summed E-state index contributed by atoms with van der Waals surface area (Å²) in [5, 5.41) is 1.03. The van der Waals surface area contributed by atoms with Gasteiger partial charge < -0.3 is 9.47 Å². The number of ether oxygens (including phenoxy) is 2. The second kappa shape index (κ2) is 6.46. The molecule has 3 nitrogen and oxygen atoms in total. The molecule has 0 spiro atoms. The maximum Gasteiger partial charge on any atom is 0.215 e. The largest absolute Gasteiger partial charge is 0.489 e. The van der Waals surface area contributed by atoms with Crippen molar-refractivity contribution >= 4 is 22.5 Å². The van der Waals surface area contributed by atoms with Crippen molar-refractivity contribution < 1.29 is 9.47 Å². The summed E-state index contributed by atoms with van der Waals surface area (Å²) in [6, 6.07) is 19.7. The minimum Gasteiger partial charge on any atom is -0.489 e. The number of benzene rings is 2. The van der Waals surface area contributed by atoms with Crippen LogP contribution in [0, 0.1) is 0 Å². The number of pyridine rings is 1. The Morgan fingerprint density at radius 2 is 1.71 bits per heavy atom. The van der Waals surface area contributed by atoms with Gasteiger partial charge in [0.15, 0.2) is 6.07 Å². The van der Waals surface area contributed by atoms with E-state index in [2.05, 4.69) is 4.98 Å². The molecule has 0 bridgehead atoms. The zero-order valence-electron chi connectivity index (χ0n) is 11.3. The molecule has 0 N–H and O–H groups in total. The number of rotatable bonds is 5. The summed E-state index contributed by atoms with van der Waals surface area (Å²) in [6.07, 6.45) is 0. The molecular formula is C17H14ClNO2. The van der Waals surface area contributed by atoms with Gasteiger partial charge in [-0.25, -0.2) is 4.98 Å². The predicted molar refractivity (Wildman–Crippen MR) is 83.9 cm³/mol. The average Bonchev–Trinajstić information content (AvgIpc) is 2.54. The van der Waals surface area contributed by atoms with Crippen LogP contribution in [0.25, 0.3) is 10.9 Å². The molecule has 106 valence electrons. The highest BCUT2D eigenvalue weighted by molar-refractivity contribution is 6.17. The Morgan fingerprint density at radius 1 is 0.905 bits per heavy atom. The molecule has 2 aromatic carbocycles. The van der Waals surface area contributed by atoms with E-state index >= 15 is 0 Å². The van der Waals surface area contributed by atoms with Crippen molar-refractivity contribution in [2.24, 2.45) is 0 Å². The zero-order chi connectivity index (χ0) is 14.5. The minimum absolute atomic E-state index is 0.0860. The standard InChI is InChI=1S/C17H14ClNO2/c18-12-21-17-9-7-14-6-8-15(10-16(14)19-17)20-11-13-4-2-1-3-5-13/h1-10H,11-12H2. The third-order valence-electron chi connectivity index (χ3n) is 3.09. The highest BCUT2D eigenvalue weighted by atomic mass is 35.5. The molecule has 21 heavy (non-hydrogen) atoms. The summed E-state index contributed by atoms with van der Waals surface area (Å²) in [6.45, 7) is 0.532. The Bertz CT molecular complexity index is 731. The Morgan fingerprint density at radius 3 is 2.52 bits per heavy atom. The topological polar surface area (TPSA) is 31.4 Å². The maximum atomic E-state index is 5.79. The number of hydrogen-bond acceptors (Lipinski definition) is 3. The van der Waals surface area contributed by atoms with Crippen LogP contribution in [0.2, 0.25) is 0 Å². The van der Waals surface area contributed by atoms with Crippen LogP contribution in [0.4, 0.5) is 0 Å². The lowest BCUT2D eigenvalue weighted by molar-refractivity contribution is 0.306. The van der Waals surface area contributed by atoms with Gasteiger partial charge in [0.05, 0.1) is 5.52 Å². The molecule has 0 saturated carbocycles. The monoisotopic (exact) mass is 299 g/mol. The van der Waals surface area contributed by atoms with Crippen LogP contribution >= 0.6 is 11.6 Å². The van der Waals surface area contributed by atoms with Crippen LogP contribution in [0.5, 0.6) is 11.6 Å². The molecule has 0 saturated heterocycles. The van der Waals surface area contributed by atoms with Gasteiger partial charge >= 0.3 is 0 Å². The number of alkyl halides is 1. The summed E-state index contributed by atoms with van der Waals surface area (Å²) < 4.78 is 11.0. The summed E-state index contributed by atoms with van der Waals surface area (Å²) in [4.78, 5) is 4.39. The summed E-state index contributed by atoms with van der Waals surface area (Å²) in [5.74, 6) is 1.29. The van der Waals surface area contributed by atoms with E-state index in [-0.39, 0.29) is 6.07 Å². The fourth-order valence-corrected chi connectivity index (χ4v) is 2.16. The molecule has 4 heteroatoms. The zero-order valence-corrected chi connectivity index (χ0v) is 12.1. The van der Waals surface area contributed by atoms with E-state index in [0.717, 1.165) is 22.2 Å². The lowest BCUT2D eigenvalue weighted by Crippen LogP contribution is -1.96. The molecular weight excluding hydrogens is 286 g/mol. The van der Waals surface area contributed by atoms with Crippen molar-refractivity contribution in [3.63, 3.8) is 0 Å². The number of aromatic nitrogens is 1. The van der Waals surface area contributed by atoms with Gasteiger partial charge in [0.1, 0.15) is 12.4 Å². The molecule has 0 radical (unpaired) electrons. The molecule has 1 heterocycles. The SMILES string of the molecule is ClCOc1ccc2ccc(OCc3ccccc3)cc2n1. The second-order valence-corrected chi connectivity index (χ2v) is 4.75. The first kappa shape index (κ1) is 13.7. The van der Waals surface area contributed by atoms with Crippen molar-refractivity contribution in [2.75, 3.05) is 6.07 Å². The van der Waals surface area contributed by atoms with E-state index in [1.807, 2.05) is 54.6 Å². The van der Waals surface area contributed by atoms with E-state index in [1.54, 1.807) is 6.07 Å². The summed E-state index contributed by atoms with van der Waals surface area (Å²) >= 11 is 5.55. The lowest BCUT2D eigenvalue weighted by atomic mass is 10.2. The van der Waals surface area contributed by atoms with Gasteiger partial charge in [-0.2, -0.15) is 0 Å². The average molecular weight is 300 g/mol. The van der Waals surface area contributed by atoms with E-state index in [9.17, 15) is 0 Å². The molecule has 0 aliphatic carbocycles. The van der Waals surface area contributed by atoms with Gasteiger partial charge in [0.2, 0.25) is 5.88 Å². The Balaban J connectivity index is 1.79. The molecule has 0 aliphatic rings. The number of halogens is 1. The third-order valence-corrected chi connectivity index (χ3v) is 3.20. The van der Waals surface area contributed by atoms with Crippen molar-refractivity contribution in [1.29, 1.82) is 0 Å². The van der Waals surface area contributed by atoms with Crippen molar-refractivity contribution in [3.8, 4) is 11.6 Å². The highest BCUT2D eigenvalue weighted by Crippen LogP contribution is 2.22.